The van der Waals surface area contributed by atoms with Crippen LogP contribution in [0.5, 0.6) is 0 Å². The van der Waals surface area contributed by atoms with E-state index in [1.807, 2.05) is 31.4 Å². The van der Waals surface area contributed by atoms with E-state index in [9.17, 15) is 23.6 Å². The van der Waals surface area contributed by atoms with Crippen LogP contribution in [0.25, 0.3) is 11.1 Å². The van der Waals surface area contributed by atoms with Gasteiger partial charge in [-0.3, -0.25) is 14.3 Å². The lowest BCUT2D eigenvalue weighted by atomic mass is 9.85. The van der Waals surface area contributed by atoms with Crippen molar-refractivity contribution in [2.24, 2.45) is 7.05 Å². The maximum absolute atomic E-state index is 13.8. The summed E-state index contributed by atoms with van der Waals surface area (Å²) in [5.74, 6) is -1.41. The van der Waals surface area contributed by atoms with Gasteiger partial charge in [-0.2, -0.15) is 5.10 Å². The predicted molar refractivity (Wildman–Crippen MR) is 160 cm³/mol. The van der Waals surface area contributed by atoms with Crippen molar-refractivity contribution < 1.29 is 33.0 Å². The van der Waals surface area contributed by atoms with Crippen molar-refractivity contribution in [1.82, 2.24) is 24.9 Å². The standard InChI is InChI=1S/C33H36FN5O6/c1-32(2,3)44-30(42)36-25-14-26(15-25)38(17-20-5-8-24(34)9-6-20)28(40)19-39-29(41)33(45-31(39)43)12-11-22-13-21(7-10-27(22)33)23-16-35-37(4)18-23/h5-10,13,16,18,25-26H,11-12,14-15,17,19H2,1-4H3,(H,36,42)/t25?,26?,33-/m1/s1. The predicted octanol–water partition coefficient (Wildman–Crippen LogP) is 4.43. The number of carbonyl (C=O) groups excluding carboxylic acids is 4. The van der Waals surface area contributed by atoms with E-state index < -0.39 is 47.6 Å². The van der Waals surface area contributed by atoms with Gasteiger partial charge in [0.15, 0.2) is 0 Å². The van der Waals surface area contributed by atoms with Gasteiger partial charge in [0, 0.05) is 49.4 Å². The van der Waals surface area contributed by atoms with Crippen LogP contribution in [-0.2, 0) is 44.7 Å². The van der Waals surface area contributed by atoms with Crippen LogP contribution in [0.1, 0.15) is 56.7 Å². The highest BCUT2D eigenvalue weighted by Crippen LogP contribution is 2.46. The van der Waals surface area contributed by atoms with Crippen LogP contribution in [0.4, 0.5) is 14.0 Å². The number of halogens is 1. The first-order chi connectivity index (χ1) is 21.3. The van der Waals surface area contributed by atoms with Crippen LogP contribution in [0.15, 0.2) is 54.9 Å². The average Bonchev–Trinajstić information content (AvgIpc) is 3.62. The molecule has 6 rings (SSSR count). The molecule has 4 amide bonds. The molecule has 3 aliphatic rings. The SMILES string of the molecule is Cn1cc(-c2ccc3c(c2)CC[C@@]32OC(=O)N(CC(=O)N(Cc3ccc(F)cc3)C3CC(NC(=O)OC(C)(C)C)C3)C2=O)cn1. The largest absolute Gasteiger partial charge is 0.444 e. The number of aryl methyl sites for hydroxylation is 2. The van der Waals surface area contributed by atoms with Crippen LogP contribution in [0.2, 0.25) is 0 Å². The number of aromatic nitrogens is 2. The van der Waals surface area contributed by atoms with E-state index >= 15 is 0 Å². The highest BCUT2D eigenvalue weighted by molar-refractivity contribution is 6.06. The fourth-order valence-corrected chi connectivity index (χ4v) is 6.27. The van der Waals surface area contributed by atoms with E-state index in [0.717, 1.165) is 21.6 Å². The van der Waals surface area contributed by atoms with Crippen molar-refractivity contribution in [3.63, 3.8) is 0 Å². The summed E-state index contributed by atoms with van der Waals surface area (Å²) in [6.45, 7) is 4.98. The van der Waals surface area contributed by atoms with Crippen molar-refractivity contribution in [3.05, 3.63) is 77.4 Å². The second kappa shape index (κ2) is 11.3. The Hall–Kier alpha value is -4.74. The molecule has 12 heteroatoms. The molecule has 0 radical (unpaired) electrons. The Morgan fingerprint density at radius 2 is 1.87 bits per heavy atom. The maximum atomic E-state index is 13.8. The quantitative estimate of drug-likeness (QED) is 0.416. The summed E-state index contributed by atoms with van der Waals surface area (Å²) < 4.78 is 26.4. The third-order valence-corrected chi connectivity index (χ3v) is 8.55. The molecule has 2 aliphatic carbocycles. The Labute approximate surface area is 260 Å². The van der Waals surface area contributed by atoms with Crippen LogP contribution >= 0.6 is 0 Å². The number of rotatable bonds is 7. The Kier molecular flexibility index (Phi) is 7.62. The number of ether oxygens (including phenoxy) is 2. The van der Waals surface area contributed by atoms with Gasteiger partial charge in [0.1, 0.15) is 18.0 Å². The second-order valence-electron chi connectivity index (χ2n) is 13.0. The van der Waals surface area contributed by atoms with Crippen LogP contribution in [0.3, 0.4) is 0 Å². The zero-order valence-electron chi connectivity index (χ0n) is 25.7. The fourth-order valence-electron chi connectivity index (χ4n) is 6.27. The molecule has 236 valence electrons. The molecule has 1 saturated carbocycles. The van der Waals surface area contributed by atoms with E-state index in [4.69, 9.17) is 9.47 Å². The molecule has 0 bridgehead atoms. The molecule has 2 aromatic carbocycles. The first-order valence-corrected chi connectivity index (χ1v) is 15.0. The fraction of sp³-hybridized carbons (Fsp3) is 0.424. The minimum Gasteiger partial charge on any atom is -0.444 e. The molecular weight excluding hydrogens is 581 g/mol. The van der Waals surface area contributed by atoms with Crippen molar-refractivity contribution in [2.45, 2.75) is 76.3 Å². The highest BCUT2D eigenvalue weighted by atomic mass is 19.1. The molecule has 2 heterocycles. The van der Waals surface area contributed by atoms with E-state index in [-0.39, 0.29) is 25.0 Å². The lowest BCUT2D eigenvalue weighted by Crippen LogP contribution is -2.57. The number of fused-ring (bicyclic) bond motifs is 2. The number of alkyl carbamates (subject to hydrolysis) is 1. The molecule has 11 nitrogen and oxygen atoms in total. The van der Waals surface area contributed by atoms with E-state index in [1.165, 1.54) is 12.1 Å². The molecule has 1 aliphatic heterocycles. The normalized spacial score (nSPS) is 22.2. The summed E-state index contributed by atoms with van der Waals surface area (Å²) in [6.07, 6.45) is 4.00. The third-order valence-electron chi connectivity index (χ3n) is 8.55. The second-order valence-corrected chi connectivity index (χ2v) is 13.0. The average molecular weight is 618 g/mol. The Morgan fingerprint density at radius 3 is 2.53 bits per heavy atom. The zero-order valence-corrected chi connectivity index (χ0v) is 25.7. The Morgan fingerprint density at radius 1 is 1.13 bits per heavy atom. The number of imide groups is 1. The summed E-state index contributed by atoms with van der Waals surface area (Å²) in [6, 6.07) is 11.0. The van der Waals surface area contributed by atoms with Crippen molar-refractivity contribution in [1.29, 1.82) is 0 Å². The molecular formula is C33H36FN5O6. The van der Waals surface area contributed by atoms with Gasteiger partial charge in [-0.1, -0.05) is 30.3 Å². The van der Waals surface area contributed by atoms with Gasteiger partial charge in [0.25, 0.3) is 5.91 Å². The minimum absolute atomic E-state index is 0.144. The van der Waals surface area contributed by atoms with Gasteiger partial charge in [-0.25, -0.2) is 18.9 Å². The lowest BCUT2D eigenvalue weighted by Gasteiger charge is -2.43. The first kappa shape index (κ1) is 30.3. The van der Waals surface area contributed by atoms with Crippen LogP contribution in [-0.4, -0.2) is 67.8 Å². The smallest absolute Gasteiger partial charge is 0.418 e. The van der Waals surface area contributed by atoms with Gasteiger partial charge in [-0.05, 0) is 68.9 Å². The van der Waals surface area contributed by atoms with Gasteiger partial charge in [-0.15, -0.1) is 0 Å². The van der Waals surface area contributed by atoms with E-state index in [1.54, 1.807) is 48.7 Å². The number of benzene rings is 2. The first-order valence-electron chi connectivity index (χ1n) is 15.0. The number of carbonyl (C=O) groups is 4. The lowest BCUT2D eigenvalue weighted by molar-refractivity contribution is -0.144. The third kappa shape index (κ3) is 6.01. The number of amides is 4. The number of hydrogen-bond acceptors (Lipinski definition) is 7. The monoisotopic (exact) mass is 617 g/mol. The summed E-state index contributed by atoms with van der Waals surface area (Å²) in [5, 5.41) is 7.04. The Bertz CT molecular complexity index is 1660. The van der Waals surface area contributed by atoms with Crippen molar-refractivity contribution in [2.75, 3.05) is 6.54 Å². The van der Waals surface area contributed by atoms with Crippen LogP contribution in [0, 0.1) is 5.82 Å². The van der Waals surface area contributed by atoms with Gasteiger partial charge >= 0.3 is 12.2 Å². The Balaban J connectivity index is 1.17. The zero-order chi connectivity index (χ0) is 32.1. The molecule has 1 saturated heterocycles. The molecule has 1 atom stereocenters. The molecule has 2 fully saturated rings. The summed E-state index contributed by atoms with van der Waals surface area (Å²) in [5.41, 5.74) is 1.98. The topological polar surface area (TPSA) is 123 Å². The van der Waals surface area contributed by atoms with Gasteiger partial charge < -0.3 is 19.7 Å². The number of hydrogen-bond donors (Lipinski definition) is 1. The highest BCUT2D eigenvalue weighted by Gasteiger charge is 2.58. The summed E-state index contributed by atoms with van der Waals surface area (Å²) >= 11 is 0. The summed E-state index contributed by atoms with van der Waals surface area (Å²) in [7, 11) is 1.84. The van der Waals surface area contributed by atoms with E-state index in [0.29, 0.717) is 30.4 Å². The molecule has 1 spiro atoms. The molecule has 45 heavy (non-hydrogen) atoms. The molecule has 0 unspecified atom stereocenters. The molecule has 3 aromatic rings. The van der Waals surface area contributed by atoms with Crippen molar-refractivity contribution in [3.8, 4) is 11.1 Å². The molecule has 1 N–H and O–H groups in total. The maximum Gasteiger partial charge on any atom is 0.418 e. The number of nitrogens with one attached hydrogen (secondary N) is 1. The summed E-state index contributed by atoms with van der Waals surface area (Å²) in [4.78, 5) is 55.5. The minimum atomic E-state index is -1.47. The van der Waals surface area contributed by atoms with Gasteiger partial charge in [0.05, 0.1) is 6.20 Å². The molecule has 1 aromatic heterocycles. The van der Waals surface area contributed by atoms with Crippen LogP contribution < -0.4 is 5.32 Å². The van der Waals surface area contributed by atoms with Crippen molar-refractivity contribution >= 4 is 24.0 Å². The van der Waals surface area contributed by atoms with E-state index in [2.05, 4.69) is 10.4 Å². The van der Waals surface area contributed by atoms with Gasteiger partial charge in [0.2, 0.25) is 11.5 Å². The number of nitrogens with zero attached hydrogens (tertiary/aromatic N) is 4.